The van der Waals surface area contributed by atoms with Gasteiger partial charge in [-0.15, -0.1) is 0 Å². The van der Waals surface area contributed by atoms with Gasteiger partial charge >= 0.3 is 80.8 Å². The van der Waals surface area contributed by atoms with Gasteiger partial charge in [0, 0.05) is 0 Å². The molecule has 0 aliphatic carbocycles. The zero-order valence-corrected chi connectivity index (χ0v) is 43.0. The van der Waals surface area contributed by atoms with Crippen molar-refractivity contribution in [3.05, 3.63) is 98.2 Å². The van der Waals surface area contributed by atoms with Crippen LogP contribution in [0, 0.1) is 80.8 Å². The third-order valence-corrected chi connectivity index (χ3v) is 4.32. The Bertz CT molecular complexity index is 1720. The molecule has 4 rings (SSSR count). The number of nitrogens with zero attached hydrogens (tertiary/aromatic N) is 6. The molecule has 36 heteroatoms. The first kappa shape index (κ1) is 120. The van der Waals surface area contributed by atoms with Crippen LogP contribution in [0.25, 0.3) is 22.3 Å². The van der Waals surface area contributed by atoms with E-state index in [2.05, 4.69) is 39.9 Å². The number of nitrogen functional groups attached to an aromatic ring is 2. The van der Waals surface area contributed by atoms with Gasteiger partial charge in [-0.05, 0) is 78.0 Å². The molecule has 406 valence electrons. The molecule has 0 saturated heterocycles. The zero-order valence-electron chi connectivity index (χ0n) is 37.8. The number of hydrogen-bond donors (Lipinski definition) is 4. The van der Waals surface area contributed by atoms with Crippen LogP contribution in [0.5, 0.6) is 0 Å². The number of nitrogens with two attached hydrogens (primary N) is 2. The molecule has 4 heterocycles. The summed E-state index contributed by atoms with van der Waals surface area (Å²) < 4.78 is 0. The number of carbonyl (C=O) groups is 6. The molecule has 0 atom stereocenters. The molecule has 0 spiro atoms. The topological polar surface area (TPSA) is 780 Å². The van der Waals surface area contributed by atoms with Gasteiger partial charge in [-0.25, -0.2) is 29.9 Å². The summed E-state index contributed by atoms with van der Waals surface area (Å²) in [6.45, 7) is 9.72. The standard InChI is InChI=1S/2C5H5N5.6C4H6O2.12H2O.2Sm/c2*6-4-3-5(9-1-7-3)10-2-8-4;6*1-2-3-4(5)6;;;;;;;;;;;;;;/h2*1-2H,(H3,6,7,8,9,10);6*2-3H,1H3,(H,5,6);12*1H2;;/q;;;;;;;;;;;;;;;;;;;;2*+3/p-6/b;;6*3-2+;;;;;;;;;;;;;;. The van der Waals surface area contributed by atoms with Gasteiger partial charge in [0.25, 0.3) is 0 Å². The van der Waals surface area contributed by atoms with Crippen molar-refractivity contribution in [3.8, 4) is 0 Å². The Morgan fingerprint density at radius 1 is 0.371 bits per heavy atom. The third-order valence-electron chi connectivity index (χ3n) is 4.32. The fourth-order valence-corrected chi connectivity index (χ4v) is 2.38. The molecule has 0 aliphatic rings. The van der Waals surface area contributed by atoms with Gasteiger partial charge in [-0.3, -0.25) is 0 Å². The Morgan fingerprint density at radius 2 is 0.543 bits per heavy atom. The van der Waals surface area contributed by atoms with Crippen molar-refractivity contribution < 1.29 is 206 Å². The quantitative estimate of drug-likeness (QED) is 0.130. The molecular weight excluding hydrogens is 1230 g/mol. The van der Waals surface area contributed by atoms with Gasteiger partial charge < -0.3 is 147 Å². The average molecular weight is 1300 g/mol. The molecule has 2 radical (unpaired) electrons. The second-order valence-corrected chi connectivity index (χ2v) is 8.63. The Labute approximate surface area is 463 Å². The summed E-state index contributed by atoms with van der Waals surface area (Å²) >= 11 is 0. The summed E-state index contributed by atoms with van der Waals surface area (Å²) in [5.74, 6) is -5.98. The number of carbonyl (C=O) groups excluding carboxylic acids is 6. The Morgan fingerprint density at radius 3 is 0.657 bits per heavy atom. The number of carboxylic acid groups (broad SMARTS) is 6. The Balaban J connectivity index is -0.0000000272. The molecule has 70 heavy (non-hydrogen) atoms. The van der Waals surface area contributed by atoms with Crippen LogP contribution in [0.3, 0.4) is 0 Å². The monoisotopic (exact) mass is 1300 g/mol. The first-order valence-electron chi connectivity index (χ1n) is 15.2. The van der Waals surface area contributed by atoms with Crippen LogP contribution in [0.4, 0.5) is 11.6 Å². The fourth-order valence-electron chi connectivity index (χ4n) is 2.38. The van der Waals surface area contributed by atoms with Crippen LogP contribution in [-0.4, -0.2) is 141 Å². The molecule has 4 aromatic heterocycles. The minimum Gasteiger partial charge on any atom is -0.545 e. The number of aromatic nitrogens is 8. The number of aromatic amines is 2. The van der Waals surface area contributed by atoms with Gasteiger partial charge in [0.2, 0.25) is 0 Å². The van der Waals surface area contributed by atoms with Crippen molar-refractivity contribution in [3.63, 3.8) is 0 Å². The van der Waals surface area contributed by atoms with Crippen LogP contribution in [0.15, 0.2) is 98.2 Å². The average Bonchev–Trinajstić information content (AvgIpc) is 3.78. The van der Waals surface area contributed by atoms with Crippen molar-refractivity contribution in [2.45, 2.75) is 41.5 Å². The second kappa shape index (κ2) is 83.2. The molecule has 0 fully saturated rings. The predicted octanol–water partition coefficient (Wildman–Crippen LogP) is -14.2. The zero-order chi connectivity index (χ0) is 43.9. The van der Waals surface area contributed by atoms with Crippen LogP contribution >= 0.6 is 0 Å². The van der Waals surface area contributed by atoms with Crippen LogP contribution in [-0.2, 0) is 28.8 Å². The van der Waals surface area contributed by atoms with E-state index in [4.69, 9.17) is 11.5 Å². The SMILES string of the molecule is C/C=C/C(=O)[O-].C/C=C/C(=O)[O-].C/C=C/C(=O)[O-].C/C=C/C(=O)[O-].C/C=C/C(=O)[O-].C/C=C/C(=O)[O-].Nc1ncnc2nc[nH]c12.Nc1ncnc2nc[nH]c12.O.O.O.O.O.O.O.O.O.O.O.O.[Sm+3].[Sm+3]. The normalized spacial score (nSPS) is 7.86. The van der Waals surface area contributed by atoms with Crippen molar-refractivity contribution in [1.82, 2.24) is 39.9 Å². The summed E-state index contributed by atoms with van der Waals surface area (Å²) in [5, 5.41) is 56.4. The van der Waals surface area contributed by atoms with E-state index in [1.165, 1.54) is 61.8 Å². The minimum absolute atomic E-state index is 0. The van der Waals surface area contributed by atoms with Gasteiger partial charge in [0.05, 0.1) is 48.5 Å². The fraction of sp³-hybridized carbons (Fsp3) is 0.176. The number of nitrogens with one attached hydrogen (secondary N) is 2. The largest absolute Gasteiger partial charge is 3.00 e. The van der Waals surface area contributed by atoms with E-state index in [9.17, 15) is 59.4 Å². The number of aliphatic carboxylic acids is 6. The molecule has 0 amide bonds. The molecule has 0 unspecified atom stereocenters. The molecule has 34 nitrogen and oxygen atoms in total. The van der Waals surface area contributed by atoms with Gasteiger partial charge in [-0.1, -0.05) is 36.5 Å². The number of allylic oxidation sites excluding steroid dienone is 6. The van der Waals surface area contributed by atoms with Crippen molar-refractivity contribution in [1.29, 1.82) is 0 Å². The minimum atomic E-state index is -1.14. The Kier molecular flexibility index (Phi) is 143. The predicted molar refractivity (Wildman–Crippen MR) is 234 cm³/mol. The van der Waals surface area contributed by atoms with Gasteiger partial charge in [-0.2, -0.15) is 0 Å². The molecule has 30 N–H and O–H groups in total. The number of carboxylic acids is 6. The Hall–Kier alpha value is -5.84. The number of anilines is 2. The van der Waals surface area contributed by atoms with E-state index in [0.29, 0.717) is 34.0 Å². The van der Waals surface area contributed by atoms with E-state index < -0.39 is 35.8 Å². The van der Waals surface area contributed by atoms with E-state index in [-0.39, 0.29) is 146 Å². The van der Waals surface area contributed by atoms with Gasteiger partial charge in [0.1, 0.15) is 23.7 Å². The summed E-state index contributed by atoms with van der Waals surface area (Å²) in [6.07, 6.45) is 20.2. The summed E-state index contributed by atoms with van der Waals surface area (Å²) in [7, 11) is 0. The van der Waals surface area contributed by atoms with E-state index >= 15 is 0 Å². The van der Waals surface area contributed by atoms with Crippen molar-refractivity contribution in [2.75, 3.05) is 11.5 Å². The van der Waals surface area contributed by atoms with E-state index in [1.54, 1.807) is 41.5 Å². The molecule has 0 saturated carbocycles. The first-order chi connectivity index (χ1) is 26.4. The smallest absolute Gasteiger partial charge is 0.545 e. The van der Waals surface area contributed by atoms with E-state index in [0.717, 1.165) is 36.5 Å². The number of H-pyrrole nitrogens is 2. The molecular formula is C34H64N10O24Sm2. The maximum Gasteiger partial charge on any atom is 3.00 e. The number of hydrogen-bond acceptors (Lipinski definition) is 20. The summed E-state index contributed by atoms with van der Waals surface area (Å²) in [6, 6.07) is 0. The maximum absolute atomic E-state index is 9.40. The first-order valence-corrected chi connectivity index (χ1v) is 15.2. The molecule has 4 aromatic rings. The van der Waals surface area contributed by atoms with Crippen molar-refractivity contribution in [2.24, 2.45) is 0 Å². The van der Waals surface area contributed by atoms with Crippen LogP contribution < -0.4 is 42.1 Å². The molecule has 0 aromatic carbocycles. The molecule has 0 aliphatic heterocycles. The summed E-state index contributed by atoms with van der Waals surface area (Å²) in [5.41, 5.74) is 13.6. The molecule has 0 bridgehead atoms. The number of imidazole rings is 2. The second-order valence-electron chi connectivity index (χ2n) is 8.63. The van der Waals surface area contributed by atoms with E-state index in [1.807, 2.05) is 0 Å². The number of fused-ring (bicyclic) bond motifs is 2. The summed E-state index contributed by atoms with van der Waals surface area (Å²) in [4.78, 5) is 85.1. The van der Waals surface area contributed by atoms with Crippen LogP contribution in [0.2, 0.25) is 0 Å². The van der Waals surface area contributed by atoms with Gasteiger partial charge in [0.15, 0.2) is 22.9 Å². The maximum atomic E-state index is 9.40. The van der Waals surface area contributed by atoms with Crippen LogP contribution in [0.1, 0.15) is 41.5 Å². The third kappa shape index (κ3) is 85.5. The number of rotatable bonds is 6. The van der Waals surface area contributed by atoms with Crippen molar-refractivity contribution >= 4 is 69.8 Å².